The van der Waals surface area contributed by atoms with Crippen molar-refractivity contribution < 1.29 is 14.3 Å². The number of fused-ring (bicyclic) bond motifs is 1. The lowest BCUT2D eigenvalue weighted by atomic mass is 10.1. The quantitative estimate of drug-likeness (QED) is 0.765. The number of carbonyl (C=O) groups excluding carboxylic acids is 1. The summed E-state index contributed by atoms with van der Waals surface area (Å²) in [4.78, 5) is 21.2. The Kier molecular flexibility index (Phi) is 4.81. The van der Waals surface area contributed by atoms with Crippen molar-refractivity contribution in [3.63, 3.8) is 0 Å². The van der Waals surface area contributed by atoms with Crippen LogP contribution in [0.1, 0.15) is 22.5 Å². The molecular formula is C19H19N3O3S. The summed E-state index contributed by atoms with van der Waals surface area (Å²) >= 11 is 1.52. The van der Waals surface area contributed by atoms with E-state index in [1.165, 1.54) is 11.3 Å². The van der Waals surface area contributed by atoms with Gasteiger partial charge in [-0.15, -0.1) is 11.3 Å². The summed E-state index contributed by atoms with van der Waals surface area (Å²) in [5.74, 6) is 0.569. The Morgan fingerprint density at radius 3 is 3.08 bits per heavy atom. The summed E-state index contributed by atoms with van der Waals surface area (Å²) in [5, 5.41) is 3.05. The summed E-state index contributed by atoms with van der Waals surface area (Å²) < 4.78 is 12.6. The number of rotatable bonds is 4. The van der Waals surface area contributed by atoms with E-state index in [1.807, 2.05) is 31.2 Å². The van der Waals surface area contributed by atoms with Gasteiger partial charge in [-0.1, -0.05) is 0 Å². The topological polar surface area (TPSA) is 73.3 Å². The second kappa shape index (κ2) is 7.39. The van der Waals surface area contributed by atoms with Crippen LogP contribution >= 0.6 is 11.3 Å². The SMILES string of the molecule is Cc1ccc(O[C@@H]2CCOC[C@@H]2NC(=O)c2ccc3ncsc3c2)cn1. The highest BCUT2D eigenvalue weighted by Gasteiger charge is 2.29. The number of aromatic nitrogens is 2. The molecule has 2 aromatic heterocycles. The summed E-state index contributed by atoms with van der Waals surface area (Å²) in [6.07, 6.45) is 2.28. The number of thiazole rings is 1. The van der Waals surface area contributed by atoms with Gasteiger partial charge in [-0.2, -0.15) is 0 Å². The summed E-state index contributed by atoms with van der Waals surface area (Å²) in [6.45, 7) is 2.98. The lowest BCUT2D eigenvalue weighted by molar-refractivity contribution is -0.00301. The maximum absolute atomic E-state index is 12.7. The largest absolute Gasteiger partial charge is 0.486 e. The number of nitrogens with one attached hydrogen (secondary N) is 1. The van der Waals surface area contributed by atoms with E-state index in [-0.39, 0.29) is 18.1 Å². The molecule has 3 aromatic rings. The van der Waals surface area contributed by atoms with Crippen molar-refractivity contribution in [2.75, 3.05) is 13.2 Å². The van der Waals surface area contributed by atoms with Crippen LogP contribution in [-0.4, -0.2) is 41.2 Å². The van der Waals surface area contributed by atoms with Crippen molar-refractivity contribution in [1.29, 1.82) is 0 Å². The third-order valence-electron chi connectivity index (χ3n) is 4.37. The van der Waals surface area contributed by atoms with Gasteiger partial charge in [0, 0.05) is 17.7 Å². The number of aryl methyl sites for hydroxylation is 1. The molecule has 0 spiro atoms. The number of pyridine rings is 1. The molecule has 2 atom stereocenters. The van der Waals surface area contributed by atoms with Crippen LogP contribution in [0.4, 0.5) is 0 Å². The fourth-order valence-electron chi connectivity index (χ4n) is 2.94. The minimum Gasteiger partial charge on any atom is -0.486 e. The Balaban J connectivity index is 1.47. The van der Waals surface area contributed by atoms with Gasteiger partial charge in [-0.05, 0) is 37.3 Å². The standard InChI is InChI=1S/C19H19N3O3S/c1-12-2-4-14(9-20-12)25-17-6-7-24-10-16(17)22-19(23)13-3-5-15-18(8-13)26-11-21-15/h2-5,8-9,11,16-17H,6-7,10H2,1H3,(H,22,23)/t16-,17+/m0/s1. The van der Waals surface area contributed by atoms with E-state index in [2.05, 4.69) is 15.3 Å². The van der Waals surface area contributed by atoms with Crippen molar-refractivity contribution in [2.45, 2.75) is 25.5 Å². The molecule has 0 bridgehead atoms. The third kappa shape index (κ3) is 3.68. The van der Waals surface area contributed by atoms with Crippen LogP contribution in [0, 0.1) is 6.92 Å². The van der Waals surface area contributed by atoms with E-state index < -0.39 is 0 Å². The highest BCUT2D eigenvalue weighted by atomic mass is 32.1. The van der Waals surface area contributed by atoms with Gasteiger partial charge in [-0.3, -0.25) is 9.78 Å². The van der Waals surface area contributed by atoms with Crippen LogP contribution in [0.25, 0.3) is 10.2 Å². The molecule has 0 unspecified atom stereocenters. The minimum atomic E-state index is -0.213. The fourth-order valence-corrected chi connectivity index (χ4v) is 3.66. The van der Waals surface area contributed by atoms with Crippen molar-refractivity contribution in [3.8, 4) is 5.75 Å². The Morgan fingerprint density at radius 1 is 1.31 bits per heavy atom. The van der Waals surface area contributed by atoms with Crippen LogP contribution in [0.3, 0.4) is 0 Å². The van der Waals surface area contributed by atoms with E-state index >= 15 is 0 Å². The molecule has 0 saturated carbocycles. The van der Waals surface area contributed by atoms with Gasteiger partial charge >= 0.3 is 0 Å². The average molecular weight is 369 g/mol. The summed E-state index contributed by atoms with van der Waals surface area (Å²) in [7, 11) is 0. The molecule has 1 N–H and O–H groups in total. The molecule has 0 aliphatic carbocycles. The predicted octanol–water partition coefficient (Wildman–Crippen LogP) is 2.97. The van der Waals surface area contributed by atoms with Crippen molar-refractivity contribution in [3.05, 3.63) is 53.3 Å². The molecule has 26 heavy (non-hydrogen) atoms. The van der Waals surface area contributed by atoms with Crippen LogP contribution < -0.4 is 10.1 Å². The summed E-state index contributed by atoms with van der Waals surface area (Å²) in [5.41, 5.74) is 4.23. The second-order valence-corrected chi connectivity index (χ2v) is 7.16. The first-order valence-corrected chi connectivity index (χ1v) is 9.38. The molecule has 6 nitrogen and oxygen atoms in total. The van der Waals surface area contributed by atoms with Crippen LogP contribution in [-0.2, 0) is 4.74 Å². The van der Waals surface area contributed by atoms with Crippen molar-refractivity contribution >= 4 is 27.5 Å². The number of amides is 1. The number of hydrogen-bond donors (Lipinski definition) is 1. The second-order valence-electron chi connectivity index (χ2n) is 6.27. The van der Waals surface area contributed by atoms with Gasteiger partial charge in [0.25, 0.3) is 5.91 Å². The first-order valence-electron chi connectivity index (χ1n) is 8.50. The maximum atomic E-state index is 12.7. The molecule has 1 amide bonds. The molecule has 134 valence electrons. The maximum Gasteiger partial charge on any atom is 0.251 e. The van der Waals surface area contributed by atoms with Gasteiger partial charge in [0.1, 0.15) is 11.9 Å². The van der Waals surface area contributed by atoms with E-state index in [4.69, 9.17) is 9.47 Å². The Labute approximate surface area is 155 Å². The number of carbonyl (C=O) groups is 1. The molecule has 1 aliphatic rings. The van der Waals surface area contributed by atoms with E-state index in [0.717, 1.165) is 15.9 Å². The third-order valence-corrected chi connectivity index (χ3v) is 5.17. The van der Waals surface area contributed by atoms with Gasteiger partial charge in [0.05, 0.1) is 41.2 Å². The van der Waals surface area contributed by atoms with Gasteiger partial charge < -0.3 is 14.8 Å². The van der Waals surface area contributed by atoms with Gasteiger partial charge in [0.15, 0.2) is 0 Å². The number of nitrogens with zero attached hydrogens (tertiary/aromatic N) is 2. The molecule has 7 heteroatoms. The first-order chi connectivity index (χ1) is 12.7. The molecule has 1 saturated heterocycles. The Morgan fingerprint density at radius 2 is 2.23 bits per heavy atom. The number of benzene rings is 1. The zero-order valence-electron chi connectivity index (χ0n) is 14.3. The van der Waals surface area contributed by atoms with Gasteiger partial charge in [-0.25, -0.2) is 4.98 Å². The zero-order chi connectivity index (χ0) is 17.9. The highest BCUT2D eigenvalue weighted by Crippen LogP contribution is 2.21. The minimum absolute atomic E-state index is 0.133. The normalized spacial score (nSPS) is 20.0. The van der Waals surface area contributed by atoms with E-state index in [0.29, 0.717) is 30.9 Å². The molecule has 1 aliphatic heterocycles. The van der Waals surface area contributed by atoms with Crippen LogP contribution in [0.2, 0.25) is 0 Å². The number of ether oxygens (including phenoxy) is 2. The molecule has 1 fully saturated rings. The molecule has 0 radical (unpaired) electrons. The molecule has 4 rings (SSSR count). The summed E-state index contributed by atoms with van der Waals surface area (Å²) in [6, 6.07) is 9.12. The predicted molar refractivity (Wildman–Crippen MR) is 99.7 cm³/mol. The lowest BCUT2D eigenvalue weighted by Crippen LogP contribution is -2.51. The average Bonchev–Trinajstić information content (AvgIpc) is 3.13. The fraction of sp³-hybridized carbons (Fsp3) is 0.316. The molecule has 1 aromatic carbocycles. The Hall–Kier alpha value is -2.51. The lowest BCUT2D eigenvalue weighted by Gasteiger charge is -2.32. The van der Waals surface area contributed by atoms with Crippen LogP contribution in [0.5, 0.6) is 5.75 Å². The van der Waals surface area contributed by atoms with Crippen molar-refractivity contribution in [2.24, 2.45) is 0 Å². The van der Waals surface area contributed by atoms with Crippen molar-refractivity contribution in [1.82, 2.24) is 15.3 Å². The molecular weight excluding hydrogens is 350 g/mol. The van der Waals surface area contributed by atoms with Crippen LogP contribution in [0.15, 0.2) is 42.0 Å². The zero-order valence-corrected chi connectivity index (χ0v) is 15.2. The Bertz CT molecular complexity index is 910. The van der Waals surface area contributed by atoms with Gasteiger partial charge in [0.2, 0.25) is 0 Å². The monoisotopic (exact) mass is 369 g/mol. The highest BCUT2D eigenvalue weighted by molar-refractivity contribution is 7.16. The first kappa shape index (κ1) is 16.9. The van der Waals surface area contributed by atoms with E-state index in [9.17, 15) is 4.79 Å². The smallest absolute Gasteiger partial charge is 0.251 e. The molecule has 3 heterocycles. The number of hydrogen-bond acceptors (Lipinski definition) is 6. The van der Waals surface area contributed by atoms with E-state index in [1.54, 1.807) is 17.8 Å².